The van der Waals surface area contributed by atoms with Crippen molar-refractivity contribution < 1.29 is 33.4 Å². The highest BCUT2D eigenvalue weighted by Crippen LogP contribution is 2.24. The van der Waals surface area contributed by atoms with Crippen LogP contribution in [-0.4, -0.2) is 72.3 Å². The lowest BCUT2D eigenvalue weighted by Gasteiger charge is -2.32. The van der Waals surface area contributed by atoms with E-state index in [1.165, 1.54) is 32.2 Å². The van der Waals surface area contributed by atoms with Crippen LogP contribution in [-0.2, 0) is 19.1 Å². The number of benzene rings is 1. The number of fused-ring (bicyclic) bond motifs is 1. The lowest BCUT2D eigenvalue weighted by Crippen LogP contribution is -2.45. The van der Waals surface area contributed by atoms with E-state index in [4.69, 9.17) is 9.47 Å². The van der Waals surface area contributed by atoms with Crippen LogP contribution in [0.2, 0.25) is 0 Å². The Morgan fingerprint density at radius 3 is 2.37 bits per heavy atom. The topological polar surface area (TPSA) is 110 Å². The molecule has 2 aliphatic rings. The molecule has 3 rings (SSSR count). The van der Waals surface area contributed by atoms with Crippen molar-refractivity contribution in [3.8, 4) is 0 Å². The fourth-order valence-corrected chi connectivity index (χ4v) is 3.62. The Balaban J connectivity index is 1.59. The van der Waals surface area contributed by atoms with Gasteiger partial charge in [0.05, 0.1) is 29.2 Å². The van der Waals surface area contributed by atoms with Gasteiger partial charge in [0.1, 0.15) is 0 Å². The van der Waals surface area contributed by atoms with Crippen LogP contribution in [0.15, 0.2) is 18.2 Å². The maximum atomic E-state index is 12.6. The standard InChI is InChI=1S/C21H24N2O7/c1-4-29-20(27)13-7-9-23(10-8-13)17(24)12(2)30-21(28)14-5-6-15-16(11-14)19(26)22(3)18(15)25/h5-6,11-13H,4,7-10H2,1-3H3. The zero-order valence-electron chi connectivity index (χ0n) is 17.2. The van der Waals surface area contributed by atoms with Crippen LogP contribution in [0.1, 0.15) is 57.8 Å². The summed E-state index contributed by atoms with van der Waals surface area (Å²) in [5.74, 6) is -2.49. The monoisotopic (exact) mass is 416 g/mol. The second-order valence-electron chi connectivity index (χ2n) is 7.33. The van der Waals surface area contributed by atoms with Gasteiger partial charge < -0.3 is 14.4 Å². The van der Waals surface area contributed by atoms with Crippen LogP contribution in [0, 0.1) is 5.92 Å². The molecular formula is C21H24N2O7. The van der Waals surface area contributed by atoms with E-state index in [1.807, 2.05) is 0 Å². The largest absolute Gasteiger partial charge is 0.466 e. The van der Waals surface area contributed by atoms with Gasteiger partial charge in [-0.3, -0.25) is 24.1 Å². The van der Waals surface area contributed by atoms with Gasteiger partial charge in [0.15, 0.2) is 6.10 Å². The van der Waals surface area contributed by atoms with Crippen molar-refractivity contribution in [1.82, 2.24) is 9.80 Å². The minimum absolute atomic E-state index is 0.0888. The molecule has 0 saturated carbocycles. The molecule has 2 heterocycles. The summed E-state index contributed by atoms with van der Waals surface area (Å²) in [7, 11) is 1.37. The third-order valence-electron chi connectivity index (χ3n) is 5.38. The molecule has 1 aromatic rings. The van der Waals surface area contributed by atoms with E-state index in [0.29, 0.717) is 32.5 Å². The highest BCUT2D eigenvalue weighted by Gasteiger charge is 2.34. The molecule has 1 saturated heterocycles. The van der Waals surface area contributed by atoms with E-state index in [-0.39, 0.29) is 34.5 Å². The number of rotatable bonds is 5. The molecule has 1 unspecified atom stereocenters. The van der Waals surface area contributed by atoms with Crippen LogP contribution in [0.3, 0.4) is 0 Å². The number of piperidine rings is 1. The number of amides is 3. The van der Waals surface area contributed by atoms with Crippen LogP contribution in [0.25, 0.3) is 0 Å². The van der Waals surface area contributed by atoms with Crippen molar-refractivity contribution in [2.75, 3.05) is 26.7 Å². The molecular weight excluding hydrogens is 392 g/mol. The number of imide groups is 1. The Labute approximate surface area is 173 Å². The quantitative estimate of drug-likeness (QED) is 0.525. The summed E-state index contributed by atoms with van der Waals surface area (Å²) >= 11 is 0. The molecule has 0 bridgehead atoms. The maximum absolute atomic E-state index is 12.6. The average molecular weight is 416 g/mol. The minimum Gasteiger partial charge on any atom is -0.466 e. The molecule has 2 aliphatic heterocycles. The van der Waals surface area contributed by atoms with E-state index in [2.05, 4.69) is 0 Å². The summed E-state index contributed by atoms with van der Waals surface area (Å²) < 4.78 is 10.3. The number of hydrogen-bond acceptors (Lipinski definition) is 7. The normalized spacial score (nSPS) is 17.6. The Morgan fingerprint density at radius 2 is 1.73 bits per heavy atom. The lowest BCUT2D eigenvalue weighted by molar-refractivity contribution is -0.152. The number of carbonyl (C=O) groups excluding carboxylic acids is 5. The molecule has 1 aromatic carbocycles. The molecule has 9 nitrogen and oxygen atoms in total. The van der Waals surface area contributed by atoms with Crippen LogP contribution >= 0.6 is 0 Å². The smallest absolute Gasteiger partial charge is 0.338 e. The van der Waals surface area contributed by atoms with Crippen molar-refractivity contribution in [2.45, 2.75) is 32.8 Å². The van der Waals surface area contributed by atoms with Crippen LogP contribution < -0.4 is 0 Å². The Bertz CT molecular complexity index is 903. The average Bonchev–Trinajstić information content (AvgIpc) is 2.97. The van der Waals surface area contributed by atoms with Gasteiger partial charge in [-0.15, -0.1) is 0 Å². The molecule has 0 aromatic heterocycles. The SMILES string of the molecule is CCOC(=O)C1CCN(C(=O)C(C)OC(=O)c2ccc3c(c2)C(=O)N(C)C3=O)CC1. The predicted molar refractivity (Wildman–Crippen MR) is 104 cm³/mol. The molecule has 3 amide bonds. The summed E-state index contributed by atoms with van der Waals surface area (Å²) in [5, 5.41) is 0. The second-order valence-corrected chi connectivity index (χ2v) is 7.33. The third-order valence-corrected chi connectivity index (χ3v) is 5.38. The van der Waals surface area contributed by atoms with E-state index >= 15 is 0 Å². The zero-order valence-corrected chi connectivity index (χ0v) is 17.2. The lowest BCUT2D eigenvalue weighted by atomic mass is 9.96. The van der Waals surface area contributed by atoms with E-state index in [1.54, 1.807) is 11.8 Å². The first-order chi connectivity index (χ1) is 14.2. The second kappa shape index (κ2) is 8.64. The van der Waals surface area contributed by atoms with Gasteiger partial charge in [-0.2, -0.15) is 0 Å². The van der Waals surface area contributed by atoms with Crippen molar-refractivity contribution in [3.63, 3.8) is 0 Å². The van der Waals surface area contributed by atoms with Crippen molar-refractivity contribution in [1.29, 1.82) is 0 Å². The molecule has 1 atom stereocenters. The van der Waals surface area contributed by atoms with Crippen molar-refractivity contribution >= 4 is 29.7 Å². The first-order valence-electron chi connectivity index (χ1n) is 9.87. The summed E-state index contributed by atoms with van der Waals surface area (Å²) in [6, 6.07) is 4.11. The first-order valence-corrected chi connectivity index (χ1v) is 9.87. The van der Waals surface area contributed by atoms with Gasteiger partial charge in [-0.1, -0.05) is 0 Å². The van der Waals surface area contributed by atoms with Gasteiger partial charge in [0.25, 0.3) is 17.7 Å². The number of hydrogen-bond donors (Lipinski definition) is 0. The fraction of sp³-hybridized carbons (Fsp3) is 0.476. The molecule has 0 spiro atoms. The van der Waals surface area contributed by atoms with Gasteiger partial charge >= 0.3 is 11.9 Å². The molecule has 9 heteroatoms. The summed E-state index contributed by atoms with van der Waals surface area (Å²) in [6.45, 7) is 4.31. The minimum atomic E-state index is -1.02. The predicted octanol–water partition coefficient (Wildman–Crippen LogP) is 1.26. The fourth-order valence-electron chi connectivity index (χ4n) is 3.62. The van der Waals surface area contributed by atoms with E-state index in [9.17, 15) is 24.0 Å². The Kier molecular flexibility index (Phi) is 6.19. The maximum Gasteiger partial charge on any atom is 0.338 e. The molecule has 0 N–H and O–H groups in total. The molecule has 30 heavy (non-hydrogen) atoms. The van der Waals surface area contributed by atoms with Gasteiger partial charge in [-0.05, 0) is 44.9 Å². The number of esters is 2. The number of likely N-dealkylation sites (tertiary alicyclic amines) is 1. The van der Waals surface area contributed by atoms with E-state index < -0.39 is 23.9 Å². The summed E-state index contributed by atoms with van der Waals surface area (Å²) in [5.41, 5.74) is 0.454. The summed E-state index contributed by atoms with van der Waals surface area (Å²) in [4.78, 5) is 63.5. The van der Waals surface area contributed by atoms with Crippen LogP contribution in [0.4, 0.5) is 0 Å². The highest BCUT2D eigenvalue weighted by atomic mass is 16.5. The number of carbonyl (C=O) groups is 5. The molecule has 0 radical (unpaired) electrons. The highest BCUT2D eigenvalue weighted by molar-refractivity contribution is 6.21. The molecule has 1 fully saturated rings. The van der Waals surface area contributed by atoms with Crippen molar-refractivity contribution in [3.05, 3.63) is 34.9 Å². The summed E-state index contributed by atoms with van der Waals surface area (Å²) in [6.07, 6.45) is -0.0238. The first kappa shape index (κ1) is 21.5. The van der Waals surface area contributed by atoms with Crippen molar-refractivity contribution in [2.24, 2.45) is 5.92 Å². The zero-order chi connectivity index (χ0) is 22.0. The molecule has 160 valence electrons. The van der Waals surface area contributed by atoms with E-state index in [0.717, 1.165) is 4.90 Å². The third kappa shape index (κ3) is 4.05. The number of nitrogens with zero attached hydrogens (tertiary/aromatic N) is 2. The van der Waals surface area contributed by atoms with Gasteiger partial charge in [-0.25, -0.2) is 4.79 Å². The van der Waals surface area contributed by atoms with Crippen LogP contribution in [0.5, 0.6) is 0 Å². The Hall–Kier alpha value is -3.23. The number of ether oxygens (including phenoxy) is 2. The van der Waals surface area contributed by atoms with Gasteiger partial charge in [0, 0.05) is 20.1 Å². The van der Waals surface area contributed by atoms with Gasteiger partial charge in [0.2, 0.25) is 0 Å². The Morgan fingerprint density at radius 1 is 1.10 bits per heavy atom. The molecule has 0 aliphatic carbocycles.